The zero-order valence-corrected chi connectivity index (χ0v) is 10.5. The van der Waals surface area contributed by atoms with Crippen LogP contribution in [0.15, 0.2) is 30.5 Å². The summed E-state index contributed by atoms with van der Waals surface area (Å²) in [6.45, 7) is 2.80. The summed E-state index contributed by atoms with van der Waals surface area (Å²) in [4.78, 5) is 8.05. The van der Waals surface area contributed by atoms with Crippen molar-refractivity contribution in [2.24, 2.45) is 0 Å². The van der Waals surface area contributed by atoms with Crippen molar-refractivity contribution in [3.05, 3.63) is 42.1 Å². The van der Waals surface area contributed by atoms with Crippen molar-refractivity contribution < 1.29 is 8.78 Å². The monoisotopic (exact) mass is 264 g/mol. The van der Waals surface area contributed by atoms with Gasteiger partial charge in [0.25, 0.3) is 0 Å². The van der Waals surface area contributed by atoms with Crippen LogP contribution in [0.4, 0.5) is 26.2 Å². The molecule has 0 radical (unpaired) electrons. The maximum absolute atomic E-state index is 13.5. The van der Waals surface area contributed by atoms with E-state index in [1.807, 2.05) is 6.92 Å². The molecule has 19 heavy (non-hydrogen) atoms. The van der Waals surface area contributed by atoms with Crippen molar-refractivity contribution in [3.8, 4) is 0 Å². The molecule has 0 fully saturated rings. The van der Waals surface area contributed by atoms with E-state index in [1.54, 1.807) is 6.07 Å². The second-order valence-corrected chi connectivity index (χ2v) is 3.91. The van der Waals surface area contributed by atoms with Crippen LogP contribution in [0.2, 0.25) is 0 Å². The summed E-state index contributed by atoms with van der Waals surface area (Å²) in [6, 6.07) is 5.34. The van der Waals surface area contributed by atoms with Crippen LogP contribution in [-0.4, -0.2) is 16.5 Å². The van der Waals surface area contributed by atoms with Gasteiger partial charge in [-0.25, -0.2) is 13.8 Å². The minimum absolute atomic E-state index is 0.144. The van der Waals surface area contributed by atoms with Gasteiger partial charge in [-0.1, -0.05) is 13.0 Å². The number of rotatable bonds is 5. The Hall–Kier alpha value is -2.24. The molecule has 0 saturated heterocycles. The molecular weight excluding hydrogens is 250 g/mol. The van der Waals surface area contributed by atoms with Crippen LogP contribution in [0, 0.1) is 11.6 Å². The Morgan fingerprint density at radius 2 is 1.89 bits per heavy atom. The minimum atomic E-state index is -0.685. The largest absolute Gasteiger partial charge is 0.370 e. The average Bonchev–Trinajstić information content (AvgIpc) is 2.41. The number of halogens is 2. The summed E-state index contributed by atoms with van der Waals surface area (Å²) >= 11 is 0. The molecule has 0 aliphatic heterocycles. The van der Waals surface area contributed by atoms with Gasteiger partial charge in [-0.15, -0.1) is 0 Å². The van der Waals surface area contributed by atoms with Crippen molar-refractivity contribution >= 4 is 17.5 Å². The zero-order chi connectivity index (χ0) is 13.7. The van der Waals surface area contributed by atoms with Crippen LogP contribution in [-0.2, 0) is 0 Å². The van der Waals surface area contributed by atoms with Crippen LogP contribution in [0.1, 0.15) is 13.3 Å². The summed E-state index contributed by atoms with van der Waals surface area (Å²) in [5, 5.41) is 5.62. The predicted octanol–water partition coefficient (Wildman–Crippen LogP) is 3.32. The van der Waals surface area contributed by atoms with E-state index >= 15 is 0 Å². The Morgan fingerprint density at radius 1 is 1.16 bits per heavy atom. The lowest BCUT2D eigenvalue weighted by molar-refractivity contribution is 0.590. The van der Waals surface area contributed by atoms with Gasteiger partial charge in [0.15, 0.2) is 0 Å². The summed E-state index contributed by atoms with van der Waals surface area (Å²) in [5.74, 6) is -0.618. The first-order valence-corrected chi connectivity index (χ1v) is 5.98. The number of nitrogens with one attached hydrogen (secondary N) is 2. The van der Waals surface area contributed by atoms with Gasteiger partial charge in [0.05, 0.1) is 0 Å². The Labute approximate surface area is 109 Å². The van der Waals surface area contributed by atoms with Crippen LogP contribution in [0.3, 0.4) is 0 Å². The van der Waals surface area contributed by atoms with Gasteiger partial charge < -0.3 is 10.6 Å². The highest BCUT2D eigenvalue weighted by molar-refractivity contribution is 5.56. The molecule has 1 heterocycles. The van der Waals surface area contributed by atoms with E-state index in [2.05, 4.69) is 20.6 Å². The van der Waals surface area contributed by atoms with Gasteiger partial charge >= 0.3 is 0 Å². The topological polar surface area (TPSA) is 49.8 Å². The molecule has 0 aliphatic rings. The van der Waals surface area contributed by atoms with Gasteiger partial charge in [-0.05, 0) is 24.6 Å². The zero-order valence-electron chi connectivity index (χ0n) is 10.5. The molecule has 0 saturated carbocycles. The Morgan fingerprint density at radius 3 is 2.58 bits per heavy atom. The number of nitrogens with zero attached hydrogens (tertiary/aromatic N) is 2. The average molecular weight is 264 g/mol. The number of hydrogen-bond acceptors (Lipinski definition) is 4. The Bertz CT molecular complexity index is 540. The fraction of sp³-hybridized carbons (Fsp3) is 0.231. The van der Waals surface area contributed by atoms with Crippen LogP contribution in [0.5, 0.6) is 0 Å². The highest BCUT2D eigenvalue weighted by Gasteiger charge is 2.09. The van der Waals surface area contributed by atoms with E-state index in [-0.39, 0.29) is 11.6 Å². The van der Waals surface area contributed by atoms with Gasteiger partial charge in [-0.3, -0.25) is 0 Å². The van der Waals surface area contributed by atoms with Gasteiger partial charge in [0.1, 0.15) is 23.1 Å². The highest BCUT2D eigenvalue weighted by Crippen LogP contribution is 2.21. The normalized spacial score (nSPS) is 10.3. The fourth-order valence-electron chi connectivity index (χ4n) is 1.50. The molecule has 2 rings (SSSR count). The van der Waals surface area contributed by atoms with E-state index in [0.717, 1.165) is 13.0 Å². The number of para-hydroxylation sites is 1. The van der Waals surface area contributed by atoms with Crippen molar-refractivity contribution in [2.75, 3.05) is 17.2 Å². The standard InChI is InChI=1S/C13H14F2N4/c1-2-7-16-11-6-8-17-13(18-11)19-12-9(14)4-3-5-10(12)15/h3-6,8H,2,7H2,1H3,(H2,16,17,18,19). The Balaban J connectivity index is 2.19. The quantitative estimate of drug-likeness (QED) is 0.869. The first-order chi connectivity index (χ1) is 9.20. The summed E-state index contributed by atoms with van der Waals surface area (Å²) in [5.41, 5.74) is -0.254. The SMILES string of the molecule is CCCNc1ccnc(Nc2c(F)cccc2F)n1. The molecule has 4 nitrogen and oxygen atoms in total. The molecule has 1 aromatic carbocycles. The fourth-order valence-corrected chi connectivity index (χ4v) is 1.50. The maximum Gasteiger partial charge on any atom is 0.229 e. The molecule has 2 N–H and O–H groups in total. The van der Waals surface area contributed by atoms with E-state index in [9.17, 15) is 8.78 Å². The third-order valence-electron chi connectivity index (χ3n) is 2.41. The molecular formula is C13H14F2N4. The van der Waals surface area contributed by atoms with E-state index in [1.165, 1.54) is 24.4 Å². The molecule has 0 atom stereocenters. The lowest BCUT2D eigenvalue weighted by Gasteiger charge is -2.09. The lowest BCUT2D eigenvalue weighted by atomic mass is 10.3. The van der Waals surface area contributed by atoms with Crippen molar-refractivity contribution in [3.63, 3.8) is 0 Å². The number of anilines is 3. The van der Waals surface area contributed by atoms with E-state index < -0.39 is 11.6 Å². The summed E-state index contributed by atoms with van der Waals surface area (Å²) in [7, 11) is 0. The number of benzene rings is 1. The van der Waals surface area contributed by atoms with Crippen LogP contribution < -0.4 is 10.6 Å². The minimum Gasteiger partial charge on any atom is -0.370 e. The number of aromatic nitrogens is 2. The van der Waals surface area contributed by atoms with Crippen LogP contribution in [0.25, 0.3) is 0 Å². The van der Waals surface area contributed by atoms with E-state index in [4.69, 9.17) is 0 Å². The van der Waals surface area contributed by atoms with Crippen molar-refractivity contribution in [1.29, 1.82) is 0 Å². The van der Waals surface area contributed by atoms with Gasteiger partial charge in [0, 0.05) is 12.7 Å². The van der Waals surface area contributed by atoms with Crippen LogP contribution >= 0.6 is 0 Å². The predicted molar refractivity (Wildman–Crippen MR) is 70.5 cm³/mol. The third-order valence-corrected chi connectivity index (χ3v) is 2.41. The van der Waals surface area contributed by atoms with Gasteiger partial charge in [-0.2, -0.15) is 4.98 Å². The molecule has 1 aromatic heterocycles. The molecule has 100 valence electrons. The lowest BCUT2D eigenvalue weighted by Crippen LogP contribution is -2.06. The molecule has 2 aromatic rings. The second-order valence-electron chi connectivity index (χ2n) is 3.91. The highest BCUT2D eigenvalue weighted by atomic mass is 19.1. The first kappa shape index (κ1) is 13.2. The Kier molecular flexibility index (Phi) is 4.22. The maximum atomic E-state index is 13.5. The molecule has 0 spiro atoms. The smallest absolute Gasteiger partial charge is 0.229 e. The second kappa shape index (κ2) is 6.08. The molecule has 0 amide bonds. The van der Waals surface area contributed by atoms with Crippen molar-refractivity contribution in [2.45, 2.75) is 13.3 Å². The first-order valence-electron chi connectivity index (χ1n) is 5.98. The third kappa shape index (κ3) is 3.37. The van der Waals surface area contributed by atoms with E-state index in [0.29, 0.717) is 5.82 Å². The summed E-state index contributed by atoms with van der Waals surface area (Å²) < 4.78 is 26.9. The molecule has 6 heteroatoms. The number of hydrogen-bond donors (Lipinski definition) is 2. The van der Waals surface area contributed by atoms with Crippen molar-refractivity contribution in [1.82, 2.24) is 9.97 Å². The molecule has 0 unspecified atom stereocenters. The summed E-state index contributed by atoms with van der Waals surface area (Å²) in [6.07, 6.45) is 2.47. The molecule has 0 aliphatic carbocycles. The molecule has 0 bridgehead atoms. The van der Waals surface area contributed by atoms with Gasteiger partial charge in [0.2, 0.25) is 5.95 Å².